The normalized spacial score (nSPS) is 11.2. The summed E-state index contributed by atoms with van der Waals surface area (Å²) in [5.41, 5.74) is 1.42. The Balaban J connectivity index is 1.52. The van der Waals surface area contributed by atoms with Crippen LogP contribution in [0, 0.1) is 0 Å². The molecule has 4 rings (SSSR count). The van der Waals surface area contributed by atoms with Crippen molar-refractivity contribution in [3.63, 3.8) is 0 Å². The largest absolute Gasteiger partial charge is 0.416 e. The minimum absolute atomic E-state index is 0.162. The number of anilines is 4. The quantitative estimate of drug-likeness (QED) is 0.361. The first-order valence-corrected chi connectivity index (χ1v) is 9.51. The number of hydrogen-bond donors (Lipinski definition) is 2. The zero-order valence-electron chi connectivity index (χ0n) is 15.9. The van der Waals surface area contributed by atoms with Crippen molar-refractivity contribution >= 4 is 34.9 Å². The third kappa shape index (κ3) is 5.10. The Morgan fingerprint density at radius 3 is 2.29 bits per heavy atom. The van der Waals surface area contributed by atoms with E-state index >= 15 is 0 Å². The second-order valence-electron chi connectivity index (χ2n) is 6.52. The second-order valence-corrected chi connectivity index (χ2v) is 6.92. The molecule has 2 aromatic carbocycles. The van der Waals surface area contributed by atoms with Crippen molar-refractivity contribution in [2.45, 2.75) is 6.18 Å². The van der Waals surface area contributed by atoms with Gasteiger partial charge in [-0.25, -0.2) is 9.97 Å². The van der Waals surface area contributed by atoms with E-state index in [1.54, 1.807) is 12.3 Å². The minimum atomic E-state index is -4.45. The summed E-state index contributed by atoms with van der Waals surface area (Å²) in [4.78, 5) is 12.7. The number of hydrogen-bond acceptors (Lipinski definition) is 5. The second kappa shape index (κ2) is 8.61. The van der Waals surface area contributed by atoms with Gasteiger partial charge in [-0.2, -0.15) is 18.2 Å². The fraction of sp³-hybridized carbons (Fsp3) is 0.0455. The lowest BCUT2D eigenvalue weighted by Gasteiger charge is -2.12. The Morgan fingerprint density at radius 1 is 0.774 bits per heavy atom. The molecule has 4 aromatic rings. The van der Waals surface area contributed by atoms with Crippen molar-refractivity contribution < 1.29 is 13.2 Å². The Morgan fingerprint density at radius 2 is 1.58 bits per heavy atom. The molecule has 0 aliphatic heterocycles. The summed E-state index contributed by atoms with van der Waals surface area (Å²) in [6.07, 6.45) is -1.38. The van der Waals surface area contributed by atoms with Gasteiger partial charge in [-0.1, -0.05) is 48.0 Å². The topological polar surface area (TPSA) is 62.7 Å². The molecule has 0 saturated heterocycles. The Hall–Kier alpha value is -3.65. The Bertz CT molecular complexity index is 1180. The van der Waals surface area contributed by atoms with Gasteiger partial charge in [0.25, 0.3) is 0 Å². The van der Waals surface area contributed by atoms with Crippen molar-refractivity contribution in [2.24, 2.45) is 0 Å². The van der Waals surface area contributed by atoms with Crippen LogP contribution < -0.4 is 10.6 Å². The molecule has 0 unspecified atom stereocenters. The maximum atomic E-state index is 12.9. The van der Waals surface area contributed by atoms with Crippen LogP contribution in [-0.2, 0) is 6.18 Å². The zero-order valence-corrected chi connectivity index (χ0v) is 16.6. The van der Waals surface area contributed by atoms with Crippen LogP contribution in [0.5, 0.6) is 0 Å². The minimum Gasteiger partial charge on any atom is -0.339 e. The van der Waals surface area contributed by atoms with Gasteiger partial charge in [0.2, 0.25) is 5.95 Å². The molecule has 0 amide bonds. The van der Waals surface area contributed by atoms with Crippen LogP contribution in [0.1, 0.15) is 5.56 Å². The molecule has 2 heterocycles. The molecule has 2 N–H and O–H groups in total. The Labute approximate surface area is 181 Å². The van der Waals surface area contributed by atoms with Crippen molar-refractivity contribution in [3.05, 3.63) is 89.7 Å². The first kappa shape index (κ1) is 20.6. The maximum Gasteiger partial charge on any atom is 0.416 e. The van der Waals surface area contributed by atoms with Crippen LogP contribution in [-0.4, -0.2) is 15.0 Å². The molecule has 0 radical (unpaired) electrons. The number of benzene rings is 2. The van der Waals surface area contributed by atoms with Gasteiger partial charge >= 0.3 is 6.18 Å². The summed E-state index contributed by atoms with van der Waals surface area (Å²) in [6, 6.07) is 18.3. The van der Waals surface area contributed by atoms with Gasteiger partial charge in [-0.05, 0) is 35.9 Å². The first-order valence-electron chi connectivity index (χ1n) is 9.14. The van der Waals surface area contributed by atoms with E-state index in [2.05, 4.69) is 25.6 Å². The highest BCUT2D eigenvalue weighted by molar-refractivity contribution is 6.32. The first-order chi connectivity index (χ1) is 14.9. The van der Waals surface area contributed by atoms with Crippen LogP contribution in [0.3, 0.4) is 0 Å². The summed E-state index contributed by atoms with van der Waals surface area (Å²) in [5, 5.41) is 5.92. The van der Waals surface area contributed by atoms with E-state index < -0.39 is 11.7 Å². The lowest BCUT2D eigenvalue weighted by molar-refractivity contribution is -0.137. The van der Waals surface area contributed by atoms with Gasteiger partial charge in [0.1, 0.15) is 10.8 Å². The van der Waals surface area contributed by atoms with Gasteiger partial charge in [0.05, 0.1) is 11.8 Å². The van der Waals surface area contributed by atoms with Gasteiger partial charge in [0.15, 0.2) is 5.82 Å². The molecule has 0 saturated carbocycles. The molecule has 0 spiro atoms. The van der Waals surface area contributed by atoms with E-state index in [0.717, 1.165) is 23.3 Å². The number of nitrogens with zero attached hydrogens (tertiary/aromatic N) is 3. The lowest BCUT2D eigenvalue weighted by Crippen LogP contribution is -2.06. The Kier molecular flexibility index (Phi) is 5.73. The van der Waals surface area contributed by atoms with Crippen molar-refractivity contribution in [3.8, 4) is 11.1 Å². The summed E-state index contributed by atoms with van der Waals surface area (Å²) in [7, 11) is 0. The van der Waals surface area contributed by atoms with Crippen LogP contribution in [0.4, 0.5) is 36.4 Å². The van der Waals surface area contributed by atoms with Crippen LogP contribution in [0.15, 0.2) is 79.1 Å². The molecule has 0 aliphatic carbocycles. The van der Waals surface area contributed by atoms with Gasteiger partial charge in [-0.15, -0.1) is 0 Å². The third-order valence-corrected chi connectivity index (χ3v) is 4.58. The smallest absolute Gasteiger partial charge is 0.339 e. The van der Waals surface area contributed by atoms with E-state index in [1.807, 2.05) is 36.4 Å². The van der Waals surface area contributed by atoms with E-state index in [9.17, 15) is 13.2 Å². The number of rotatable bonds is 5. The molecule has 0 bridgehead atoms. The average molecular weight is 442 g/mol. The standard InChI is InChI=1S/C22H15ClF3N5/c23-18-13-28-21(30-19-10-9-15(12-27-19)14-5-2-1-3-6-14)31-20(18)29-17-8-4-7-16(11-17)22(24,25)26/h1-13H,(H2,27,28,29,30,31). The van der Waals surface area contributed by atoms with E-state index in [-0.39, 0.29) is 22.5 Å². The molecule has 156 valence electrons. The van der Waals surface area contributed by atoms with Crippen LogP contribution >= 0.6 is 11.6 Å². The van der Waals surface area contributed by atoms with E-state index in [4.69, 9.17) is 11.6 Å². The molecule has 0 fully saturated rings. The van der Waals surface area contributed by atoms with Gasteiger partial charge in [0, 0.05) is 17.4 Å². The molecular formula is C22H15ClF3N5. The molecule has 0 aliphatic rings. The molecular weight excluding hydrogens is 427 g/mol. The highest BCUT2D eigenvalue weighted by Crippen LogP contribution is 2.32. The van der Waals surface area contributed by atoms with Crippen LogP contribution in [0.2, 0.25) is 5.02 Å². The van der Waals surface area contributed by atoms with Crippen molar-refractivity contribution in [1.29, 1.82) is 0 Å². The number of halogens is 4. The number of nitrogens with one attached hydrogen (secondary N) is 2. The number of aromatic nitrogens is 3. The monoisotopic (exact) mass is 441 g/mol. The summed E-state index contributed by atoms with van der Waals surface area (Å²) < 4.78 is 38.8. The number of alkyl halides is 3. The zero-order chi connectivity index (χ0) is 21.8. The third-order valence-electron chi connectivity index (χ3n) is 4.31. The molecule has 9 heteroatoms. The lowest BCUT2D eigenvalue weighted by atomic mass is 10.1. The summed E-state index contributed by atoms with van der Waals surface area (Å²) in [5.74, 6) is 0.866. The summed E-state index contributed by atoms with van der Waals surface area (Å²) in [6.45, 7) is 0. The van der Waals surface area contributed by atoms with E-state index in [0.29, 0.717) is 5.82 Å². The predicted molar refractivity (Wildman–Crippen MR) is 115 cm³/mol. The fourth-order valence-electron chi connectivity index (χ4n) is 2.81. The predicted octanol–water partition coefficient (Wildman–Crippen LogP) is 6.70. The van der Waals surface area contributed by atoms with Gasteiger partial charge < -0.3 is 10.6 Å². The fourth-order valence-corrected chi connectivity index (χ4v) is 2.95. The van der Waals surface area contributed by atoms with Gasteiger partial charge in [-0.3, -0.25) is 0 Å². The molecule has 0 atom stereocenters. The highest BCUT2D eigenvalue weighted by Gasteiger charge is 2.30. The average Bonchev–Trinajstić information content (AvgIpc) is 2.77. The van der Waals surface area contributed by atoms with Crippen molar-refractivity contribution in [1.82, 2.24) is 15.0 Å². The van der Waals surface area contributed by atoms with E-state index in [1.165, 1.54) is 18.3 Å². The molecule has 2 aromatic heterocycles. The summed E-state index contributed by atoms with van der Waals surface area (Å²) >= 11 is 6.11. The van der Waals surface area contributed by atoms with Crippen LogP contribution in [0.25, 0.3) is 11.1 Å². The molecule has 31 heavy (non-hydrogen) atoms. The maximum absolute atomic E-state index is 12.9. The molecule has 5 nitrogen and oxygen atoms in total. The SMILES string of the molecule is FC(F)(F)c1cccc(Nc2nc(Nc3ccc(-c4ccccc4)cn3)ncc2Cl)c1. The highest BCUT2D eigenvalue weighted by atomic mass is 35.5. The van der Waals surface area contributed by atoms with Crippen molar-refractivity contribution in [2.75, 3.05) is 10.6 Å². The number of pyridine rings is 1.